The van der Waals surface area contributed by atoms with Crippen molar-refractivity contribution >= 4 is 27.7 Å². The smallest absolute Gasteiger partial charge is 0.272 e. The fourth-order valence-electron chi connectivity index (χ4n) is 6.85. The summed E-state index contributed by atoms with van der Waals surface area (Å²) in [5, 5.41) is 27.5. The highest BCUT2D eigenvalue weighted by Crippen LogP contribution is 2.41. The summed E-state index contributed by atoms with van der Waals surface area (Å²) < 4.78 is 52.5. The molecule has 1 amide bonds. The number of aliphatic hydroxyl groups is 1. The first-order chi connectivity index (χ1) is 22.4. The molecule has 2 aliphatic rings. The number of aromatic nitrogens is 3. The third kappa shape index (κ3) is 6.36. The van der Waals surface area contributed by atoms with E-state index in [-0.39, 0.29) is 45.8 Å². The van der Waals surface area contributed by atoms with Crippen LogP contribution in [0.3, 0.4) is 0 Å². The highest BCUT2D eigenvalue weighted by Gasteiger charge is 2.43. The molecule has 1 fully saturated rings. The maximum Gasteiger partial charge on any atom is 0.272 e. The van der Waals surface area contributed by atoms with Gasteiger partial charge in [-0.1, -0.05) is 48.5 Å². The molecule has 1 aliphatic carbocycles. The van der Waals surface area contributed by atoms with Crippen molar-refractivity contribution in [2.45, 2.75) is 69.5 Å². The van der Waals surface area contributed by atoms with Gasteiger partial charge in [-0.2, -0.15) is 9.65 Å². The number of benzene rings is 1. The van der Waals surface area contributed by atoms with Crippen molar-refractivity contribution < 1.29 is 27.2 Å². The molecule has 244 valence electrons. The van der Waals surface area contributed by atoms with Gasteiger partial charge in [-0.15, -0.1) is 0 Å². The molecule has 6 rings (SSSR count). The molecule has 1 saturated carbocycles. The predicted octanol–water partition coefficient (Wildman–Crippen LogP) is 5.52. The number of hydrogen-bond acceptors (Lipinski definition) is 8. The third-order valence-electron chi connectivity index (χ3n) is 9.12. The Kier molecular flexibility index (Phi) is 8.61. The number of fused-ring (bicyclic) bond motifs is 1. The summed E-state index contributed by atoms with van der Waals surface area (Å²) in [5.74, 6) is -1.27. The second-order valence-corrected chi connectivity index (χ2v) is 14.2. The van der Waals surface area contributed by atoms with Gasteiger partial charge < -0.3 is 19.5 Å². The standard InChI is InChI=1S/C34H35FN6O5S/c1-20-12-13-23(18-34(3,43)28-17-27(46-39-28)22-9-5-4-6-10-22)30(20)40-47(44,45)32-21(2)31(41-14-8-7-11-26(32)41)33(42)38-24-15-25(19-36)37-29(35)16-24/h4-7,9-11,15-17,20,23,30,40,43H,8,12-14,18H2,1-3H3,(H,37,38,42). The molecule has 3 N–H and O–H groups in total. The van der Waals surface area contributed by atoms with E-state index in [1.807, 2.05) is 43.3 Å². The maximum atomic E-state index is 14.2. The SMILES string of the molecule is Cc1c(S(=O)(=O)NC2C(C)CCC2CC(C)(O)c2cc(-c3ccccc3)on2)c2n(c1C(=O)Nc1cc(F)nc(C#N)c1)CCC=C2. The normalized spacial score (nSPS) is 20.4. The van der Waals surface area contributed by atoms with E-state index in [4.69, 9.17) is 9.78 Å². The Morgan fingerprint density at radius 2 is 2.00 bits per heavy atom. The van der Waals surface area contributed by atoms with Crippen LogP contribution in [0, 0.1) is 36.0 Å². The molecule has 47 heavy (non-hydrogen) atoms. The molecule has 0 spiro atoms. The summed E-state index contributed by atoms with van der Waals surface area (Å²) >= 11 is 0. The van der Waals surface area contributed by atoms with Crippen LogP contribution in [0.5, 0.6) is 0 Å². The van der Waals surface area contributed by atoms with Gasteiger partial charge in [-0.05, 0) is 63.5 Å². The van der Waals surface area contributed by atoms with Crippen LogP contribution in [-0.4, -0.2) is 40.2 Å². The Bertz CT molecular complexity index is 2010. The summed E-state index contributed by atoms with van der Waals surface area (Å²) in [6.07, 6.45) is 5.83. The minimum atomic E-state index is -4.17. The first-order valence-electron chi connectivity index (χ1n) is 15.4. The molecule has 1 aliphatic heterocycles. The van der Waals surface area contributed by atoms with E-state index in [0.29, 0.717) is 36.5 Å². The lowest BCUT2D eigenvalue weighted by atomic mass is 9.85. The average Bonchev–Trinajstić information content (AvgIpc) is 3.74. The highest BCUT2D eigenvalue weighted by molar-refractivity contribution is 7.89. The fraction of sp³-hybridized carbons (Fsp3) is 0.353. The van der Waals surface area contributed by atoms with Gasteiger partial charge in [0.1, 0.15) is 33.6 Å². The number of nitrogens with zero attached hydrogens (tertiary/aromatic N) is 4. The van der Waals surface area contributed by atoms with Crippen LogP contribution >= 0.6 is 0 Å². The van der Waals surface area contributed by atoms with E-state index < -0.39 is 33.5 Å². The zero-order chi connectivity index (χ0) is 33.5. The largest absolute Gasteiger partial charge is 0.384 e. The Morgan fingerprint density at radius 1 is 1.23 bits per heavy atom. The summed E-state index contributed by atoms with van der Waals surface area (Å²) in [6, 6.07) is 14.6. The van der Waals surface area contributed by atoms with E-state index >= 15 is 0 Å². The van der Waals surface area contributed by atoms with Crippen molar-refractivity contribution in [1.82, 2.24) is 19.4 Å². The molecule has 4 aromatic rings. The van der Waals surface area contributed by atoms with Crippen molar-refractivity contribution in [3.05, 3.63) is 88.9 Å². The van der Waals surface area contributed by atoms with Crippen LogP contribution in [0.15, 0.2) is 64.0 Å². The van der Waals surface area contributed by atoms with Crippen molar-refractivity contribution in [3.63, 3.8) is 0 Å². The number of rotatable bonds is 9. The second-order valence-electron chi connectivity index (χ2n) is 12.5. The second kappa shape index (κ2) is 12.5. The molecule has 4 unspecified atom stereocenters. The van der Waals surface area contributed by atoms with E-state index in [1.54, 1.807) is 36.6 Å². The van der Waals surface area contributed by atoms with Gasteiger partial charge in [0.2, 0.25) is 16.0 Å². The molecule has 13 heteroatoms. The molecule has 1 aromatic carbocycles. The average molecular weight is 659 g/mol. The number of halogens is 1. The molecule has 0 bridgehead atoms. The number of hydrogen-bond donors (Lipinski definition) is 3. The lowest BCUT2D eigenvalue weighted by Crippen LogP contribution is -2.43. The van der Waals surface area contributed by atoms with E-state index in [0.717, 1.165) is 18.1 Å². The molecular formula is C34H35FN6O5S. The minimum Gasteiger partial charge on any atom is -0.384 e. The lowest BCUT2D eigenvalue weighted by molar-refractivity contribution is 0.0200. The number of nitrogens with one attached hydrogen (secondary N) is 2. The van der Waals surface area contributed by atoms with Gasteiger partial charge >= 0.3 is 0 Å². The van der Waals surface area contributed by atoms with E-state index in [1.165, 1.54) is 6.07 Å². The van der Waals surface area contributed by atoms with E-state index in [2.05, 4.69) is 20.2 Å². The summed E-state index contributed by atoms with van der Waals surface area (Å²) in [5.41, 5.74) is 0.379. The van der Waals surface area contributed by atoms with Crippen molar-refractivity contribution in [1.29, 1.82) is 5.26 Å². The van der Waals surface area contributed by atoms with E-state index in [9.17, 15) is 22.7 Å². The van der Waals surface area contributed by atoms with Gasteiger partial charge in [0.15, 0.2) is 5.76 Å². The first kappa shape index (κ1) is 32.3. The number of allylic oxidation sites excluding steroid dienone is 1. The lowest BCUT2D eigenvalue weighted by Gasteiger charge is -2.30. The zero-order valence-electron chi connectivity index (χ0n) is 26.2. The highest BCUT2D eigenvalue weighted by atomic mass is 32.2. The summed E-state index contributed by atoms with van der Waals surface area (Å²) in [6.45, 7) is 5.58. The minimum absolute atomic E-state index is 0.00848. The monoisotopic (exact) mass is 658 g/mol. The number of sulfonamides is 1. The van der Waals surface area contributed by atoms with Gasteiger partial charge in [0, 0.05) is 41.5 Å². The number of carbonyl (C=O) groups is 1. The zero-order valence-corrected chi connectivity index (χ0v) is 27.0. The summed E-state index contributed by atoms with van der Waals surface area (Å²) in [4.78, 5) is 17.0. The quantitative estimate of drug-likeness (QED) is 0.198. The van der Waals surface area contributed by atoms with Crippen molar-refractivity contribution in [2.75, 3.05) is 5.32 Å². The molecule has 11 nitrogen and oxygen atoms in total. The third-order valence-corrected chi connectivity index (χ3v) is 10.8. The van der Waals surface area contributed by atoms with Crippen LogP contribution in [0.1, 0.15) is 72.7 Å². The Morgan fingerprint density at radius 3 is 2.74 bits per heavy atom. The molecule has 0 radical (unpaired) electrons. The molecule has 3 aromatic heterocycles. The maximum absolute atomic E-state index is 14.2. The Hall–Kier alpha value is -4.64. The number of amides is 1. The van der Waals surface area contributed by atoms with Crippen LogP contribution < -0.4 is 10.0 Å². The van der Waals surface area contributed by atoms with Crippen molar-refractivity contribution in [2.24, 2.45) is 11.8 Å². The number of carbonyl (C=O) groups excluding carboxylic acids is 1. The van der Waals surface area contributed by atoms with Crippen LogP contribution in [0.4, 0.5) is 10.1 Å². The number of nitriles is 1. The first-order valence-corrected chi connectivity index (χ1v) is 16.9. The molecule has 0 saturated heterocycles. The molecule has 4 atom stereocenters. The topological polar surface area (TPSA) is 163 Å². The van der Waals surface area contributed by atoms with Crippen LogP contribution in [0.25, 0.3) is 17.4 Å². The predicted molar refractivity (Wildman–Crippen MR) is 172 cm³/mol. The van der Waals surface area contributed by atoms with Gasteiger partial charge in [0.25, 0.3) is 5.91 Å². The van der Waals surface area contributed by atoms with Crippen LogP contribution in [0.2, 0.25) is 0 Å². The molecule has 4 heterocycles. The Labute approximate surface area is 272 Å². The molecular weight excluding hydrogens is 623 g/mol. The van der Waals surface area contributed by atoms with Crippen molar-refractivity contribution in [3.8, 4) is 17.4 Å². The summed E-state index contributed by atoms with van der Waals surface area (Å²) in [7, 11) is -4.17. The van der Waals surface area contributed by atoms with Gasteiger partial charge in [-0.25, -0.2) is 18.1 Å². The van der Waals surface area contributed by atoms with Crippen LogP contribution in [-0.2, 0) is 22.2 Å². The Balaban J connectivity index is 1.27. The number of pyridine rings is 1. The number of anilines is 1. The fourth-order valence-corrected chi connectivity index (χ4v) is 8.71. The van der Waals surface area contributed by atoms with Gasteiger partial charge in [0.05, 0.1) is 5.69 Å². The van der Waals surface area contributed by atoms with Gasteiger partial charge in [-0.3, -0.25) is 4.79 Å².